The van der Waals surface area contributed by atoms with E-state index in [1.54, 1.807) is 12.3 Å². The number of aromatic nitrogens is 3. The maximum absolute atomic E-state index is 12.0. The van der Waals surface area contributed by atoms with Crippen molar-refractivity contribution < 1.29 is 4.79 Å². The Kier molecular flexibility index (Phi) is 8.45. The zero-order chi connectivity index (χ0) is 20.4. The molecular weight excluding hydrogens is 354 g/mol. The molecule has 0 aliphatic heterocycles. The molecular formula is C20H31N7O. The molecule has 2 aromatic heterocycles. The Bertz CT molecular complexity index is 780. The molecule has 2 heterocycles. The van der Waals surface area contributed by atoms with Gasteiger partial charge in [-0.3, -0.25) is 14.5 Å². The maximum Gasteiger partial charge on any atom is 0.227 e. The average molecular weight is 386 g/mol. The van der Waals surface area contributed by atoms with Crippen molar-refractivity contribution >= 4 is 17.7 Å². The van der Waals surface area contributed by atoms with E-state index in [0.29, 0.717) is 25.3 Å². The number of amides is 1. The molecule has 0 bridgehead atoms. The van der Waals surface area contributed by atoms with E-state index < -0.39 is 0 Å². The highest BCUT2D eigenvalue weighted by atomic mass is 16.1. The van der Waals surface area contributed by atoms with Crippen molar-refractivity contribution in [3.05, 3.63) is 41.3 Å². The van der Waals surface area contributed by atoms with Crippen LogP contribution in [0.1, 0.15) is 36.7 Å². The highest BCUT2D eigenvalue weighted by Crippen LogP contribution is 2.04. The monoisotopic (exact) mass is 385 g/mol. The first-order valence-electron chi connectivity index (χ1n) is 9.73. The molecule has 8 heteroatoms. The third-order valence-corrected chi connectivity index (χ3v) is 4.07. The Morgan fingerprint density at radius 1 is 1.21 bits per heavy atom. The van der Waals surface area contributed by atoms with Gasteiger partial charge in [-0.05, 0) is 51.8 Å². The van der Waals surface area contributed by atoms with E-state index in [2.05, 4.69) is 44.0 Å². The smallest absolute Gasteiger partial charge is 0.227 e. The quantitative estimate of drug-likeness (QED) is 0.349. The zero-order valence-corrected chi connectivity index (χ0v) is 17.2. The van der Waals surface area contributed by atoms with Gasteiger partial charge in [-0.15, -0.1) is 0 Å². The fourth-order valence-corrected chi connectivity index (χ4v) is 2.70. The van der Waals surface area contributed by atoms with Crippen LogP contribution in [0.3, 0.4) is 0 Å². The number of guanidine groups is 1. The van der Waals surface area contributed by atoms with Crippen LogP contribution in [-0.2, 0) is 11.3 Å². The normalized spacial score (nSPS) is 11.4. The van der Waals surface area contributed by atoms with Crippen LogP contribution in [0.5, 0.6) is 0 Å². The van der Waals surface area contributed by atoms with Crippen LogP contribution in [-0.4, -0.2) is 46.3 Å². The van der Waals surface area contributed by atoms with Gasteiger partial charge in [-0.2, -0.15) is 5.10 Å². The standard InChI is InChI=1S/C20H31N7O/c1-5-21-20(22-10-6-12-27-17(4)13-16(3)26-27)23-11-9-19(28)25-18-8-7-15(2)14-24-18/h7-8,13-14H,5-6,9-12H2,1-4H3,(H2,21,22,23)(H,24,25,28). The average Bonchev–Trinajstić information content (AvgIpc) is 2.98. The summed E-state index contributed by atoms with van der Waals surface area (Å²) in [5.41, 5.74) is 3.26. The van der Waals surface area contributed by atoms with Gasteiger partial charge >= 0.3 is 0 Å². The number of pyridine rings is 1. The van der Waals surface area contributed by atoms with Gasteiger partial charge in [0, 0.05) is 44.5 Å². The van der Waals surface area contributed by atoms with Crippen LogP contribution in [0.15, 0.2) is 29.4 Å². The van der Waals surface area contributed by atoms with Gasteiger partial charge < -0.3 is 16.0 Å². The van der Waals surface area contributed by atoms with E-state index in [-0.39, 0.29) is 5.91 Å². The Balaban J connectivity index is 1.72. The van der Waals surface area contributed by atoms with Crippen LogP contribution in [0.4, 0.5) is 5.82 Å². The van der Waals surface area contributed by atoms with Crippen molar-refractivity contribution in [1.29, 1.82) is 0 Å². The number of hydrogen-bond donors (Lipinski definition) is 3. The summed E-state index contributed by atoms with van der Waals surface area (Å²) in [4.78, 5) is 20.8. The molecule has 0 unspecified atom stereocenters. The number of aryl methyl sites for hydroxylation is 4. The second-order valence-electron chi connectivity index (χ2n) is 6.71. The third kappa shape index (κ3) is 7.38. The van der Waals surface area contributed by atoms with E-state index in [0.717, 1.165) is 36.7 Å². The lowest BCUT2D eigenvalue weighted by Gasteiger charge is -2.11. The molecule has 8 nitrogen and oxygen atoms in total. The van der Waals surface area contributed by atoms with Crippen molar-refractivity contribution in [3.8, 4) is 0 Å². The predicted molar refractivity (Wildman–Crippen MR) is 113 cm³/mol. The summed E-state index contributed by atoms with van der Waals surface area (Å²) in [6, 6.07) is 5.80. The first-order chi connectivity index (χ1) is 13.5. The molecule has 0 aliphatic rings. The summed E-state index contributed by atoms with van der Waals surface area (Å²) in [5, 5.41) is 13.6. The van der Waals surface area contributed by atoms with Crippen LogP contribution >= 0.6 is 0 Å². The molecule has 0 spiro atoms. The highest BCUT2D eigenvalue weighted by Gasteiger charge is 2.05. The SMILES string of the molecule is CCNC(=NCCCn1nc(C)cc1C)NCCC(=O)Nc1ccc(C)cn1. The van der Waals surface area contributed by atoms with Gasteiger partial charge in [0.2, 0.25) is 5.91 Å². The molecule has 0 aliphatic carbocycles. The van der Waals surface area contributed by atoms with Gasteiger partial charge in [0.05, 0.1) is 5.69 Å². The predicted octanol–water partition coefficient (Wildman–Crippen LogP) is 2.18. The van der Waals surface area contributed by atoms with Crippen molar-refractivity contribution in [2.24, 2.45) is 4.99 Å². The second kappa shape index (κ2) is 11.1. The summed E-state index contributed by atoms with van der Waals surface area (Å²) in [7, 11) is 0. The summed E-state index contributed by atoms with van der Waals surface area (Å²) in [5.74, 6) is 1.21. The number of carbonyl (C=O) groups is 1. The Morgan fingerprint density at radius 2 is 2.04 bits per heavy atom. The molecule has 1 amide bonds. The van der Waals surface area contributed by atoms with Crippen LogP contribution in [0, 0.1) is 20.8 Å². The third-order valence-electron chi connectivity index (χ3n) is 4.07. The summed E-state index contributed by atoms with van der Waals surface area (Å²) in [6.07, 6.45) is 2.97. The maximum atomic E-state index is 12.0. The van der Waals surface area contributed by atoms with E-state index >= 15 is 0 Å². The lowest BCUT2D eigenvalue weighted by Crippen LogP contribution is -2.38. The summed E-state index contributed by atoms with van der Waals surface area (Å²) < 4.78 is 2.01. The highest BCUT2D eigenvalue weighted by molar-refractivity contribution is 5.90. The van der Waals surface area contributed by atoms with E-state index in [4.69, 9.17) is 0 Å². The fourth-order valence-electron chi connectivity index (χ4n) is 2.70. The van der Waals surface area contributed by atoms with Crippen LogP contribution in [0.25, 0.3) is 0 Å². The molecule has 28 heavy (non-hydrogen) atoms. The minimum absolute atomic E-state index is 0.0794. The minimum atomic E-state index is -0.0794. The Labute approximate surface area is 166 Å². The molecule has 0 radical (unpaired) electrons. The van der Waals surface area contributed by atoms with Gasteiger partial charge in [-0.1, -0.05) is 6.07 Å². The first-order valence-corrected chi connectivity index (χ1v) is 9.73. The molecule has 152 valence electrons. The van der Waals surface area contributed by atoms with E-state index in [1.807, 2.05) is 31.5 Å². The van der Waals surface area contributed by atoms with Crippen molar-refractivity contribution in [1.82, 2.24) is 25.4 Å². The molecule has 0 saturated carbocycles. The van der Waals surface area contributed by atoms with Gasteiger partial charge in [-0.25, -0.2) is 4.98 Å². The van der Waals surface area contributed by atoms with Crippen molar-refractivity contribution in [3.63, 3.8) is 0 Å². The number of rotatable bonds is 9. The van der Waals surface area contributed by atoms with E-state index in [1.165, 1.54) is 5.69 Å². The number of nitrogens with one attached hydrogen (secondary N) is 3. The molecule has 0 fully saturated rings. The summed E-state index contributed by atoms with van der Waals surface area (Å²) >= 11 is 0. The topological polar surface area (TPSA) is 96.2 Å². The van der Waals surface area contributed by atoms with E-state index in [9.17, 15) is 4.79 Å². The second-order valence-corrected chi connectivity index (χ2v) is 6.71. The molecule has 3 N–H and O–H groups in total. The van der Waals surface area contributed by atoms with Gasteiger partial charge in [0.1, 0.15) is 5.82 Å². The Hall–Kier alpha value is -2.90. The fraction of sp³-hybridized carbons (Fsp3) is 0.500. The molecule has 0 atom stereocenters. The number of carbonyl (C=O) groups excluding carboxylic acids is 1. The van der Waals surface area contributed by atoms with Crippen molar-refractivity contribution in [2.75, 3.05) is 25.0 Å². The summed E-state index contributed by atoms with van der Waals surface area (Å²) in [6.45, 7) is 10.8. The first kappa shape index (κ1) is 21.4. The van der Waals surface area contributed by atoms with Crippen LogP contribution in [0.2, 0.25) is 0 Å². The molecule has 2 rings (SSSR count). The zero-order valence-electron chi connectivity index (χ0n) is 17.2. The lowest BCUT2D eigenvalue weighted by molar-refractivity contribution is -0.116. The van der Waals surface area contributed by atoms with Crippen molar-refractivity contribution in [2.45, 2.75) is 47.1 Å². The largest absolute Gasteiger partial charge is 0.357 e. The molecule has 0 aromatic carbocycles. The lowest BCUT2D eigenvalue weighted by atomic mass is 10.3. The minimum Gasteiger partial charge on any atom is -0.357 e. The molecule has 0 saturated heterocycles. The van der Waals surface area contributed by atoms with Crippen LogP contribution < -0.4 is 16.0 Å². The number of nitrogens with zero attached hydrogens (tertiary/aromatic N) is 4. The van der Waals surface area contributed by atoms with Gasteiger partial charge in [0.25, 0.3) is 0 Å². The molecule has 2 aromatic rings. The number of anilines is 1. The number of hydrogen-bond acceptors (Lipinski definition) is 4. The Morgan fingerprint density at radius 3 is 2.68 bits per heavy atom. The number of aliphatic imine (C=N–C) groups is 1. The van der Waals surface area contributed by atoms with Gasteiger partial charge in [0.15, 0.2) is 5.96 Å².